The third-order valence-corrected chi connectivity index (χ3v) is 6.84. The van der Waals surface area contributed by atoms with Crippen LogP contribution in [0.15, 0.2) is 42.9 Å². The van der Waals surface area contributed by atoms with Crippen LogP contribution in [0.5, 0.6) is 0 Å². The number of nitrogens with one attached hydrogen (secondary N) is 4. The lowest BCUT2D eigenvalue weighted by Gasteiger charge is -2.23. The second-order valence-corrected chi connectivity index (χ2v) is 9.00. The molecule has 0 atom stereocenters. The molecular formula is C25H33N5. The van der Waals surface area contributed by atoms with Crippen molar-refractivity contribution < 1.29 is 0 Å². The van der Waals surface area contributed by atoms with Crippen LogP contribution in [0.2, 0.25) is 0 Å². The number of H-pyrrole nitrogens is 1. The van der Waals surface area contributed by atoms with E-state index in [0.717, 1.165) is 48.5 Å². The molecule has 1 saturated heterocycles. The second-order valence-electron chi connectivity index (χ2n) is 9.00. The summed E-state index contributed by atoms with van der Waals surface area (Å²) in [6.45, 7) is 3.29. The zero-order chi connectivity index (χ0) is 20.2. The van der Waals surface area contributed by atoms with Crippen molar-refractivity contribution in [2.45, 2.75) is 50.9 Å². The second kappa shape index (κ2) is 9.09. The van der Waals surface area contributed by atoms with Crippen molar-refractivity contribution in [1.82, 2.24) is 15.3 Å². The molecule has 0 bridgehead atoms. The molecule has 3 aromatic rings. The molecule has 0 amide bonds. The summed E-state index contributed by atoms with van der Waals surface area (Å²) >= 11 is 0. The highest BCUT2D eigenvalue weighted by molar-refractivity contribution is 5.87. The number of anilines is 3. The summed E-state index contributed by atoms with van der Waals surface area (Å²) in [7, 11) is 0. The Labute approximate surface area is 179 Å². The van der Waals surface area contributed by atoms with Gasteiger partial charge in [0.25, 0.3) is 0 Å². The summed E-state index contributed by atoms with van der Waals surface area (Å²) in [5.74, 6) is 1.47. The monoisotopic (exact) mass is 403 g/mol. The molecule has 1 aromatic carbocycles. The number of rotatable bonds is 6. The predicted octanol–water partition coefficient (Wildman–Crippen LogP) is 5.77. The van der Waals surface area contributed by atoms with Gasteiger partial charge in [-0.3, -0.25) is 4.98 Å². The Morgan fingerprint density at radius 1 is 0.900 bits per heavy atom. The summed E-state index contributed by atoms with van der Waals surface area (Å²) in [5, 5.41) is 11.9. The van der Waals surface area contributed by atoms with Crippen LogP contribution >= 0.6 is 0 Å². The highest BCUT2D eigenvalue weighted by Gasteiger charge is 2.18. The summed E-state index contributed by atoms with van der Waals surface area (Å²) in [4.78, 5) is 7.93. The first-order valence-electron chi connectivity index (χ1n) is 11.6. The van der Waals surface area contributed by atoms with E-state index in [1.54, 1.807) is 0 Å². The van der Waals surface area contributed by atoms with Gasteiger partial charge < -0.3 is 20.9 Å². The van der Waals surface area contributed by atoms with E-state index in [9.17, 15) is 0 Å². The quantitative estimate of drug-likeness (QED) is 0.422. The SMILES string of the molecule is c1ncc(Nc2ccc3c(C4CCCCC4)c[nH]c3c2)cc1NCC1CCNCC1. The average molecular weight is 404 g/mol. The summed E-state index contributed by atoms with van der Waals surface area (Å²) in [5.41, 5.74) is 5.91. The van der Waals surface area contributed by atoms with Crippen molar-refractivity contribution >= 4 is 28.0 Å². The van der Waals surface area contributed by atoms with E-state index in [1.165, 1.54) is 61.4 Å². The highest BCUT2D eigenvalue weighted by atomic mass is 14.9. The maximum atomic E-state index is 4.43. The van der Waals surface area contributed by atoms with Gasteiger partial charge in [0.2, 0.25) is 0 Å². The molecule has 2 fully saturated rings. The molecule has 3 heterocycles. The van der Waals surface area contributed by atoms with Crippen molar-refractivity contribution in [3.63, 3.8) is 0 Å². The molecule has 1 saturated carbocycles. The Morgan fingerprint density at radius 3 is 2.60 bits per heavy atom. The number of pyridine rings is 1. The standard InChI is InChI=1S/C25H33N5/c1-2-4-19(5-3-1)24-17-29-25-13-20(6-7-23(24)25)30-22-12-21(15-27-16-22)28-14-18-8-10-26-11-9-18/h6-7,12-13,15-19,26,28-30H,1-5,8-11,14H2. The van der Waals surface area contributed by atoms with Crippen molar-refractivity contribution in [1.29, 1.82) is 0 Å². The first-order chi connectivity index (χ1) is 14.8. The van der Waals surface area contributed by atoms with Crippen LogP contribution in [0.4, 0.5) is 17.1 Å². The predicted molar refractivity (Wildman–Crippen MR) is 126 cm³/mol. The van der Waals surface area contributed by atoms with Gasteiger partial charge in [-0.25, -0.2) is 0 Å². The third-order valence-electron chi connectivity index (χ3n) is 6.84. The molecular weight excluding hydrogens is 370 g/mol. The average Bonchev–Trinajstić information content (AvgIpc) is 3.23. The molecule has 158 valence electrons. The Bertz CT molecular complexity index is 967. The molecule has 1 aliphatic heterocycles. The first-order valence-corrected chi connectivity index (χ1v) is 11.6. The fourth-order valence-electron chi connectivity index (χ4n) is 5.10. The van der Waals surface area contributed by atoms with Gasteiger partial charge in [-0.05, 0) is 74.4 Å². The third kappa shape index (κ3) is 4.46. The number of fused-ring (bicyclic) bond motifs is 1. The van der Waals surface area contributed by atoms with E-state index >= 15 is 0 Å². The van der Waals surface area contributed by atoms with Crippen LogP contribution < -0.4 is 16.0 Å². The molecule has 30 heavy (non-hydrogen) atoms. The van der Waals surface area contributed by atoms with Gasteiger partial charge in [0, 0.05) is 29.3 Å². The van der Waals surface area contributed by atoms with E-state index < -0.39 is 0 Å². The van der Waals surface area contributed by atoms with Crippen LogP contribution in [-0.2, 0) is 0 Å². The van der Waals surface area contributed by atoms with Gasteiger partial charge in [0.05, 0.1) is 23.8 Å². The summed E-state index contributed by atoms with van der Waals surface area (Å²) < 4.78 is 0. The fourth-order valence-corrected chi connectivity index (χ4v) is 5.10. The lowest BCUT2D eigenvalue weighted by Crippen LogP contribution is -2.31. The minimum absolute atomic E-state index is 0.721. The molecule has 0 unspecified atom stereocenters. The van der Waals surface area contributed by atoms with Crippen LogP contribution in [0.3, 0.4) is 0 Å². The molecule has 5 rings (SSSR count). The summed E-state index contributed by atoms with van der Waals surface area (Å²) in [6, 6.07) is 8.83. The van der Waals surface area contributed by atoms with Crippen LogP contribution in [0, 0.1) is 5.92 Å². The lowest BCUT2D eigenvalue weighted by atomic mass is 9.84. The van der Waals surface area contributed by atoms with Gasteiger partial charge in [0.1, 0.15) is 0 Å². The molecule has 2 aromatic heterocycles. The highest BCUT2D eigenvalue weighted by Crippen LogP contribution is 2.37. The zero-order valence-electron chi connectivity index (χ0n) is 17.7. The number of nitrogens with zero attached hydrogens (tertiary/aromatic N) is 1. The van der Waals surface area contributed by atoms with Gasteiger partial charge >= 0.3 is 0 Å². The number of hydrogen-bond acceptors (Lipinski definition) is 4. The fraction of sp³-hybridized carbons (Fsp3) is 0.480. The summed E-state index contributed by atoms with van der Waals surface area (Å²) in [6.07, 6.45) is 15.3. The lowest BCUT2D eigenvalue weighted by molar-refractivity contribution is 0.390. The maximum Gasteiger partial charge on any atom is 0.0591 e. The number of aromatic nitrogens is 2. The van der Waals surface area contributed by atoms with E-state index in [-0.39, 0.29) is 0 Å². The normalized spacial score (nSPS) is 18.5. The molecule has 0 spiro atoms. The number of piperidine rings is 1. The topological polar surface area (TPSA) is 64.8 Å². The molecule has 5 heteroatoms. The first kappa shape index (κ1) is 19.4. The molecule has 2 aliphatic rings. The number of benzene rings is 1. The van der Waals surface area contributed by atoms with Crippen LogP contribution in [0.25, 0.3) is 10.9 Å². The Kier molecular flexibility index (Phi) is 5.89. The Hall–Kier alpha value is -2.53. The molecule has 0 radical (unpaired) electrons. The van der Waals surface area contributed by atoms with Crippen LogP contribution in [-0.4, -0.2) is 29.6 Å². The van der Waals surface area contributed by atoms with Crippen molar-refractivity contribution in [2.24, 2.45) is 5.92 Å². The zero-order valence-corrected chi connectivity index (χ0v) is 17.7. The largest absolute Gasteiger partial charge is 0.383 e. The Balaban J connectivity index is 1.26. The van der Waals surface area contributed by atoms with E-state index in [0.29, 0.717) is 0 Å². The maximum absolute atomic E-state index is 4.43. The number of aromatic amines is 1. The van der Waals surface area contributed by atoms with E-state index in [1.807, 2.05) is 12.4 Å². The number of hydrogen-bond donors (Lipinski definition) is 4. The van der Waals surface area contributed by atoms with E-state index in [4.69, 9.17) is 0 Å². The van der Waals surface area contributed by atoms with Gasteiger partial charge in [0.15, 0.2) is 0 Å². The van der Waals surface area contributed by atoms with Gasteiger partial charge in [-0.15, -0.1) is 0 Å². The van der Waals surface area contributed by atoms with Crippen LogP contribution in [0.1, 0.15) is 56.4 Å². The molecule has 4 N–H and O–H groups in total. The minimum atomic E-state index is 0.721. The van der Waals surface area contributed by atoms with Gasteiger partial charge in [-0.2, -0.15) is 0 Å². The molecule has 1 aliphatic carbocycles. The van der Waals surface area contributed by atoms with Crippen molar-refractivity contribution in [3.8, 4) is 0 Å². The van der Waals surface area contributed by atoms with Gasteiger partial charge in [-0.1, -0.05) is 25.3 Å². The Morgan fingerprint density at radius 2 is 1.73 bits per heavy atom. The minimum Gasteiger partial charge on any atom is -0.383 e. The molecule has 5 nitrogen and oxygen atoms in total. The van der Waals surface area contributed by atoms with E-state index in [2.05, 4.69) is 56.4 Å². The van der Waals surface area contributed by atoms with Crippen molar-refractivity contribution in [3.05, 3.63) is 48.4 Å². The van der Waals surface area contributed by atoms with Crippen molar-refractivity contribution in [2.75, 3.05) is 30.3 Å². The smallest absolute Gasteiger partial charge is 0.0591 e.